The third kappa shape index (κ3) is 6.83. The minimum Gasteiger partial charge on any atom is -0.492 e. The van der Waals surface area contributed by atoms with Crippen LogP contribution >= 0.6 is 0 Å². The molecule has 0 spiro atoms. The van der Waals surface area contributed by atoms with Gasteiger partial charge in [-0.05, 0) is 35.2 Å². The van der Waals surface area contributed by atoms with Crippen LogP contribution in [0.15, 0.2) is 53.7 Å². The Bertz CT molecular complexity index is 660. The van der Waals surface area contributed by atoms with Crippen LogP contribution < -0.4 is 15.8 Å². The van der Waals surface area contributed by atoms with Gasteiger partial charge in [0.15, 0.2) is 5.96 Å². The van der Waals surface area contributed by atoms with E-state index < -0.39 is 0 Å². The number of nitrogens with zero attached hydrogens (tertiary/aromatic N) is 2. The largest absolute Gasteiger partial charge is 0.492 e. The summed E-state index contributed by atoms with van der Waals surface area (Å²) in [4.78, 5) is 8.55. The monoisotopic (exact) mass is 340 g/mol. The number of guanidine groups is 1. The van der Waals surface area contributed by atoms with E-state index in [0.717, 1.165) is 17.9 Å². The molecule has 25 heavy (non-hydrogen) atoms. The van der Waals surface area contributed by atoms with Crippen LogP contribution in [0.1, 0.15) is 32.0 Å². The first-order valence-electron chi connectivity index (χ1n) is 8.62. The van der Waals surface area contributed by atoms with Gasteiger partial charge in [-0.15, -0.1) is 0 Å². The van der Waals surface area contributed by atoms with Crippen LogP contribution in [0.4, 0.5) is 0 Å². The fraction of sp³-hybridized carbons (Fsp3) is 0.400. The van der Waals surface area contributed by atoms with Crippen LogP contribution in [0.5, 0.6) is 5.75 Å². The normalized spacial score (nSPS) is 12.0. The molecular formula is C20H28N4O. The highest BCUT2D eigenvalue weighted by Gasteiger charge is 2.12. The Kier molecular flexibility index (Phi) is 6.81. The summed E-state index contributed by atoms with van der Waals surface area (Å²) in [5.74, 6) is 1.29. The maximum atomic E-state index is 5.85. The van der Waals surface area contributed by atoms with E-state index in [1.165, 1.54) is 5.56 Å². The molecule has 5 heteroatoms. The quantitative estimate of drug-likeness (QED) is 0.462. The number of hydrogen-bond acceptors (Lipinski definition) is 3. The maximum absolute atomic E-state index is 5.85. The molecule has 0 saturated heterocycles. The fourth-order valence-electron chi connectivity index (χ4n) is 2.29. The average molecular weight is 340 g/mol. The molecule has 0 atom stereocenters. The Hall–Kier alpha value is -2.56. The van der Waals surface area contributed by atoms with E-state index in [1.54, 1.807) is 6.20 Å². The third-order valence-corrected chi connectivity index (χ3v) is 3.77. The highest BCUT2D eigenvalue weighted by atomic mass is 16.5. The summed E-state index contributed by atoms with van der Waals surface area (Å²) in [6.07, 6.45) is 2.56. The van der Waals surface area contributed by atoms with Crippen LogP contribution in [0.25, 0.3) is 0 Å². The van der Waals surface area contributed by atoms with E-state index in [4.69, 9.17) is 10.5 Å². The zero-order valence-electron chi connectivity index (χ0n) is 15.3. The van der Waals surface area contributed by atoms with Gasteiger partial charge in [0.2, 0.25) is 0 Å². The molecular weight excluding hydrogens is 312 g/mol. The van der Waals surface area contributed by atoms with E-state index in [9.17, 15) is 0 Å². The minimum atomic E-state index is 0.153. The second-order valence-corrected chi connectivity index (χ2v) is 6.89. The Morgan fingerprint density at radius 3 is 2.56 bits per heavy atom. The summed E-state index contributed by atoms with van der Waals surface area (Å²) < 4.78 is 5.71. The zero-order valence-corrected chi connectivity index (χ0v) is 15.3. The van der Waals surface area contributed by atoms with Crippen LogP contribution in [0.2, 0.25) is 0 Å². The van der Waals surface area contributed by atoms with Gasteiger partial charge in [-0.25, -0.2) is 0 Å². The summed E-state index contributed by atoms with van der Waals surface area (Å²) in [5.41, 5.74) is 8.31. The van der Waals surface area contributed by atoms with Crippen molar-refractivity contribution >= 4 is 5.96 Å². The Labute approximate surface area is 150 Å². The molecule has 5 nitrogen and oxygen atoms in total. The molecule has 1 aromatic heterocycles. The Morgan fingerprint density at radius 2 is 1.92 bits per heavy atom. The van der Waals surface area contributed by atoms with Gasteiger partial charge >= 0.3 is 0 Å². The van der Waals surface area contributed by atoms with E-state index in [0.29, 0.717) is 25.7 Å². The Balaban J connectivity index is 1.65. The van der Waals surface area contributed by atoms with Crippen molar-refractivity contribution in [1.82, 2.24) is 10.3 Å². The van der Waals surface area contributed by atoms with Crippen molar-refractivity contribution in [1.29, 1.82) is 0 Å². The SMILES string of the molecule is CC(C)(C)c1ccc(OCCNC(N)=NCCc2ccccn2)cc1. The van der Waals surface area contributed by atoms with Gasteiger partial charge < -0.3 is 15.8 Å². The van der Waals surface area contributed by atoms with Crippen molar-refractivity contribution in [2.24, 2.45) is 10.7 Å². The molecule has 0 aliphatic carbocycles. The maximum Gasteiger partial charge on any atom is 0.188 e. The van der Waals surface area contributed by atoms with E-state index >= 15 is 0 Å². The number of pyridine rings is 1. The topological polar surface area (TPSA) is 72.5 Å². The summed E-state index contributed by atoms with van der Waals surface area (Å²) in [6.45, 7) is 8.35. The lowest BCUT2D eigenvalue weighted by Gasteiger charge is -2.19. The predicted octanol–water partition coefficient (Wildman–Crippen LogP) is 2.90. The lowest BCUT2D eigenvalue weighted by Crippen LogP contribution is -2.35. The smallest absolute Gasteiger partial charge is 0.188 e. The molecule has 2 aromatic rings. The second kappa shape index (κ2) is 9.06. The molecule has 0 radical (unpaired) electrons. The second-order valence-electron chi connectivity index (χ2n) is 6.89. The van der Waals surface area contributed by atoms with Gasteiger partial charge in [-0.3, -0.25) is 9.98 Å². The Morgan fingerprint density at radius 1 is 1.16 bits per heavy atom. The number of ether oxygens (including phenoxy) is 1. The summed E-state index contributed by atoms with van der Waals surface area (Å²) >= 11 is 0. The molecule has 0 unspecified atom stereocenters. The van der Waals surface area contributed by atoms with Gasteiger partial charge in [0.1, 0.15) is 12.4 Å². The zero-order chi connectivity index (χ0) is 18.1. The highest BCUT2D eigenvalue weighted by Crippen LogP contribution is 2.24. The molecule has 0 amide bonds. The fourth-order valence-corrected chi connectivity index (χ4v) is 2.29. The van der Waals surface area contributed by atoms with Gasteiger partial charge in [0, 0.05) is 24.9 Å². The number of hydrogen-bond donors (Lipinski definition) is 2. The standard InChI is InChI=1S/C20H28N4O/c1-20(2,3)16-7-9-18(10-8-16)25-15-14-24-19(21)23-13-11-17-6-4-5-12-22-17/h4-10,12H,11,13-15H2,1-3H3,(H3,21,23,24). The number of nitrogens with two attached hydrogens (primary N) is 1. The molecule has 2 rings (SSSR count). The number of aliphatic imine (C=N–C) groups is 1. The van der Waals surface area contributed by atoms with Gasteiger partial charge in [0.25, 0.3) is 0 Å². The van der Waals surface area contributed by atoms with Crippen molar-refractivity contribution in [2.75, 3.05) is 19.7 Å². The van der Waals surface area contributed by atoms with Crippen LogP contribution in [-0.2, 0) is 11.8 Å². The van der Waals surface area contributed by atoms with Crippen LogP contribution in [0.3, 0.4) is 0 Å². The van der Waals surface area contributed by atoms with E-state index in [2.05, 4.69) is 48.2 Å². The van der Waals surface area contributed by atoms with Crippen molar-refractivity contribution in [3.05, 3.63) is 59.9 Å². The summed E-state index contributed by atoms with van der Waals surface area (Å²) in [7, 11) is 0. The number of aromatic nitrogens is 1. The molecule has 0 fully saturated rings. The lowest BCUT2D eigenvalue weighted by molar-refractivity contribution is 0.322. The first kappa shape index (κ1) is 18.8. The molecule has 0 bridgehead atoms. The molecule has 0 aliphatic rings. The third-order valence-electron chi connectivity index (χ3n) is 3.77. The first-order chi connectivity index (χ1) is 11.9. The number of benzene rings is 1. The average Bonchev–Trinajstić information content (AvgIpc) is 2.59. The van der Waals surface area contributed by atoms with Crippen molar-refractivity contribution < 1.29 is 4.74 Å². The number of rotatable bonds is 7. The predicted molar refractivity (Wildman–Crippen MR) is 103 cm³/mol. The molecule has 1 aromatic carbocycles. The van der Waals surface area contributed by atoms with Crippen molar-refractivity contribution in [3.63, 3.8) is 0 Å². The highest BCUT2D eigenvalue weighted by molar-refractivity contribution is 5.77. The molecule has 0 aliphatic heterocycles. The van der Waals surface area contributed by atoms with E-state index in [-0.39, 0.29) is 5.41 Å². The van der Waals surface area contributed by atoms with Crippen LogP contribution in [0, 0.1) is 0 Å². The first-order valence-corrected chi connectivity index (χ1v) is 8.62. The summed E-state index contributed by atoms with van der Waals surface area (Å²) in [5, 5.41) is 3.06. The number of nitrogens with one attached hydrogen (secondary N) is 1. The molecule has 0 saturated carbocycles. The van der Waals surface area contributed by atoms with Crippen LogP contribution in [-0.4, -0.2) is 30.6 Å². The van der Waals surface area contributed by atoms with Gasteiger partial charge in [-0.1, -0.05) is 39.0 Å². The van der Waals surface area contributed by atoms with Gasteiger partial charge in [-0.2, -0.15) is 0 Å². The van der Waals surface area contributed by atoms with Crippen molar-refractivity contribution in [3.8, 4) is 5.75 Å². The summed E-state index contributed by atoms with van der Waals surface area (Å²) in [6, 6.07) is 14.1. The van der Waals surface area contributed by atoms with Crippen molar-refractivity contribution in [2.45, 2.75) is 32.6 Å². The molecule has 3 N–H and O–H groups in total. The minimum absolute atomic E-state index is 0.153. The molecule has 1 heterocycles. The van der Waals surface area contributed by atoms with E-state index in [1.807, 2.05) is 30.3 Å². The lowest BCUT2D eigenvalue weighted by atomic mass is 9.87. The molecule has 134 valence electrons. The van der Waals surface area contributed by atoms with Gasteiger partial charge in [0.05, 0.1) is 6.54 Å².